The Balaban J connectivity index is 2.47. The number of hydrogen-bond acceptors (Lipinski definition) is 4. The van der Waals surface area contributed by atoms with Crippen molar-refractivity contribution in [1.82, 2.24) is 15.1 Å². The third-order valence-corrected chi connectivity index (χ3v) is 3.08. The van der Waals surface area contributed by atoms with Crippen LogP contribution < -0.4 is 5.32 Å². The molecule has 0 spiro atoms. The first-order valence-corrected chi connectivity index (χ1v) is 5.59. The summed E-state index contributed by atoms with van der Waals surface area (Å²) in [6, 6.07) is -0.927. The van der Waals surface area contributed by atoms with Gasteiger partial charge >= 0.3 is 12.0 Å². The van der Waals surface area contributed by atoms with Crippen molar-refractivity contribution < 1.29 is 14.2 Å². The van der Waals surface area contributed by atoms with E-state index in [2.05, 4.69) is 16.9 Å². The SMILES string of the molecule is C=CC[N+]1=C(NC)N=C2C1C(=O)N(C)C(=O)N2C. The summed E-state index contributed by atoms with van der Waals surface area (Å²) in [5.74, 6) is 0.747. The minimum absolute atomic E-state index is 0.274. The van der Waals surface area contributed by atoms with E-state index in [0.29, 0.717) is 18.3 Å². The van der Waals surface area contributed by atoms with Crippen LogP contribution in [0.4, 0.5) is 4.79 Å². The highest BCUT2D eigenvalue weighted by Gasteiger charge is 2.50. The molecule has 96 valence electrons. The van der Waals surface area contributed by atoms with E-state index in [1.807, 2.05) is 0 Å². The molecule has 1 unspecified atom stereocenters. The van der Waals surface area contributed by atoms with Crippen molar-refractivity contribution in [3.63, 3.8) is 0 Å². The second kappa shape index (κ2) is 4.25. The van der Waals surface area contributed by atoms with Gasteiger partial charge in [0, 0.05) is 14.1 Å². The monoisotopic (exact) mass is 250 g/mol. The maximum absolute atomic E-state index is 12.2. The van der Waals surface area contributed by atoms with E-state index in [4.69, 9.17) is 0 Å². The number of aliphatic imine (C=N–C) groups is 1. The Morgan fingerprint density at radius 2 is 2.11 bits per heavy atom. The van der Waals surface area contributed by atoms with Gasteiger partial charge in [-0.05, 0) is 0 Å². The number of rotatable bonds is 2. The van der Waals surface area contributed by atoms with Crippen LogP contribution >= 0.6 is 0 Å². The first kappa shape index (κ1) is 12.3. The molecule has 3 amide bonds. The van der Waals surface area contributed by atoms with Gasteiger partial charge in [-0.3, -0.25) is 19.9 Å². The van der Waals surface area contributed by atoms with Gasteiger partial charge in [-0.25, -0.2) is 9.37 Å². The molecule has 0 bridgehead atoms. The molecule has 0 aliphatic carbocycles. The van der Waals surface area contributed by atoms with Gasteiger partial charge in [0.25, 0.3) is 5.91 Å². The largest absolute Gasteiger partial charge is 0.390 e. The Bertz CT molecular complexity index is 494. The number of nitrogens with zero attached hydrogens (tertiary/aromatic N) is 4. The van der Waals surface area contributed by atoms with Crippen molar-refractivity contribution in [1.29, 1.82) is 0 Å². The first-order valence-electron chi connectivity index (χ1n) is 5.59. The fraction of sp³-hybridized carbons (Fsp3) is 0.455. The van der Waals surface area contributed by atoms with Gasteiger partial charge in [-0.15, -0.1) is 0 Å². The average Bonchev–Trinajstić information content (AvgIpc) is 2.73. The quantitative estimate of drug-likeness (QED) is 0.508. The third-order valence-electron chi connectivity index (χ3n) is 3.08. The Labute approximate surface area is 105 Å². The average molecular weight is 250 g/mol. The molecule has 2 heterocycles. The van der Waals surface area contributed by atoms with E-state index in [9.17, 15) is 9.59 Å². The van der Waals surface area contributed by atoms with Crippen LogP contribution in [0.15, 0.2) is 17.6 Å². The molecule has 2 rings (SSSR count). The molecule has 7 heteroatoms. The summed E-state index contributed by atoms with van der Waals surface area (Å²) in [6.45, 7) is 4.15. The highest BCUT2D eigenvalue weighted by Crippen LogP contribution is 2.17. The lowest BCUT2D eigenvalue weighted by Crippen LogP contribution is -2.61. The Morgan fingerprint density at radius 1 is 1.44 bits per heavy atom. The molecule has 0 aromatic rings. The second-order valence-electron chi connectivity index (χ2n) is 4.13. The zero-order valence-corrected chi connectivity index (χ0v) is 10.7. The predicted molar refractivity (Wildman–Crippen MR) is 66.5 cm³/mol. The molecule has 7 nitrogen and oxygen atoms in total. The maximum Gasteiger partial charge on any atom is 0.390 e. The molecule has 0 aromatic heterocycles. The maximum atomic E-state index is 12.2. The van der Waals surface area contributed by atoms with Crippen LogP contribution in [-0.4, -0.2) is 71.8 Å². The smallest absolute Gasteiger partial charge is 0.277 e. The molecule has 0 saturated carbocycles. The third kappa shape index (κ3) is 1.51. The van der Waals surface area contributed by atoms with E-state index in [1.54, 1.807) is 24.7 Å². The molecule has 0 aromatic carbocycles. The lowest BCUT2D eigenvalue weighted by atomic mass is 10.1. The number of amidine groups is 1. The van der Waals surface area contributed by atoms with Crippen molar-refractivity contribution >= 4 is 23.7 Å². The normalized spacial score (nSPS) is 23.3. The van der Waals surface area contributed by atoms with Gasteiger partial charge in [-0.2, -0.15) is 0 Å². The summed E-state index contributed by atoms with van der Waals surface area (Å²) in [5, 5.41) is 2.92. The van der Waals surface area contributed by atoms with E-state index in [-0.39, 0.29) is 11.9 Å². The molecular weight excluding hydrogens is 234 g/mol. The fourth-order valence-electron chi connectivity index (χ4n) is 2.13. The number of imide groups is 1. The summed E-state index contributed by atoms with van der Waals surface area (Å²) in [4.78, 5) is 30.8. The van der Waals surface area contributed by atoms with Crippen LogP contribution in [0.3, 0.4) is 0 Å². The number of fused-ring (bicyclic) bond motifs is 1. The number of guanidine groups is 1. The minimum atomic E-state index is -0.557. The second-order valence-corrected chi connectivity index (χ2v) is 4.13. The number of nitrogens with one attached hydrogen (secondary N) is 1. The highest BCUT2D eigenvalue weighted by molar-refractivity contribution is 6.22. The van der Waals surface area contributed by atoms with Crippen molar-refractivity contribution in [2.24, 2.45) is 4.99 Å². The molecule has 0 radical (unpaired) electrons. The van der Waals surface area contributed by atoms with E-state index in [1.165, 1.54) is 11.9 Å². The van der Waals surface area contributed by atoms with Gasteiger partial charge in [0.05, 0.1) is 13.6 Å². The predicted octanol–water partition coefficient (Wildman–Crippen LogP) is -0.935. The van der Waals surface area contributed by atoms with Gasteiger partial charge < -0.3 is 0 Å². The van der Waals surface area contributed by atoms with Crippen LogP contribution in [0.5, 0.6) is 0 Å². The standard InChI is InChI=1S/C11H15N5O2/c1-5-6-16-7-8(13-10(16)12-2)14(3)11(18)15(4)9(7)17/h5,7H,1,6H2,2-4H3/p+1. The van der Waals surface area contributed by atoms with Crippen LogP contribution in [-0.2, 0) is 4.79 Å². The summed E-state index contributed by atoms with van der Waals surface area (Å²) in [6.07, 6.45) is 1.69. The lowest BCUT2D eigenvalue weighted by molar-refractivity contribution is -0.527. The molecule has 2 aliphatic rings. The first-order chi connectivity index (χ1) is 8.52. The Kier molecular flexibility index (Phi) is 2.90. The number of carbonyl (C=O) groups excluding carboxylic acids is 2. The van der Waals surface area contributed by atoms with Crippen molar-refractivity contribution in [2.45, 2.75) is 6.04 Å². The summed E-state index contributed by atoms with van der Waals surface area (Å²) < 4.78 is 1.78. The molecule has 1 saturated heterocycles. The minimum Gasteiger partial charge on any atom is -0.277 e. The molecule has 1 atom stereocenters. The van der Waals surface area contributed by atoms with Gasteiger partial charge in [0.1, 0.15) is 0 Å². The summed E-state index contributed by atoms with van der Waals surface area (Å²) >= 11 is 0. The van der Waals surface area contributed by atoms with Gasteiger partial charge in [-0.1, -0.05) is 17.6 Å². The van der Waals surface area contributed by atoms with Crippen LogP contribution in [0.2, 0.25) is 0 Å². The van der Waals surface area contributed by atoms with Crippen molar-refractivity contribution in [3.8, 4) is 0 Å². The van der Waals surface area contributed by atoms with Gasteiger partial charge in [0.2, 0.25) is 11.9 Å². The molecule has 1 N–H and O–H groups in total. The molecule has 18 heavy (non-hydrogen) atoms. The highest BCUT2D eigenvalue weighted by atomic mass is 16.2. The summed E-state index contributed by atoms with van der Waals surface area (Å²) in [7, 11) is 4.81. The Hall–Kier alpha value is -2.18. The Morgan fingerprint density at radius 3 is 2.67 bits per heavy atom. The number of hydrogen-bond donors (Lipinski definition) is 1. The van der Waals surface area contributed by atoms with Crippen LogP contribution in [0.25, 0.3) is 0 Å². The molecule has 1 fully saturated rings. The number of urea groups is 1. The molecular formula is C11H16N5O2+. The topological polar surface area (TPSA) is 68.0 Å². The van der Waals surface area contributed by atoms with Crippen molar-refractivity contribution in [2.75, 3.05) is 27.7 Å². The van der Waals surface area contributed by atoms with Crippen LogP contribution in [0.1, 0.15) is 0 Å². The number of carbonyl (C=O) groups is 2. The van der Waals surface area contributed by atoms with E-state index < -0.39 is 6.04 Å². The fourth-order valence-corrected chi connectivity index (χ4v) is 2.13. The van der Waals surface area contributed by atoms with Crippen LogP contribution in [0, 0.1) is 0 Å². The zero-order chi connectivity index (χ0) is 13.4. The zero-order valence-electron chi connectivity index (χ0n) is 10.7. The molecule has 2 aliphatic heterocycles. The van der Waals surface area contributed by atoms with E-state index in [0.717, 1.165) is 4.90 Å². The summed E-state index contributed by atoms with van der Waals surface area (Å²) in [5.41, 5.74) is 0. The lowest BCUT2D eigenvalue weighted by Gasteiger charge is -2.31. The van der Waals surface area contributed by atoms with Crippen molar-refractivity contribution in [3.05, 3.63) is 12.7 Å². The van der Waals surface area contributed by atoms with E-state index >= 15 is 0 Å². The van der Waals surface area contributed by atoms with Gasteiger partial charge in [0.15, 0.2) is 0 Å². The number of amides is 3. The number of likely N-dealkylation sites (N-methyl/N-ethyl adjacent to an activating group) is 2.